The number of hydrogen-bond donors (Lipinski definition) is 17. The van der Waals surface area contributed by atoms with Crippen molar-refractivity contribution in [2.45, 2.75) is 30.7 Å². The van der Waals surface area contributed by atoms with E-state index >= 15 is 0 Å². The smallest absolute Gasteiger partial charge is 0.344 e. The van der Waals surface area contributed by atoms with Gasteiger partial charge < -0.3 is 120 Å². The summed E-state index contributed by atoms with van der Waals surface area (Å²) < 4.78 is 38.4. The number of hydrogen-bond acceptors (Lipinski definition) is 30. The number of carbonyl (C=O) groups excluding carboxylic acids is 6. The molecule has 0 aliphatic carbocycles. The Balaban J connectivity index is 1.36. The number of esters is 6. The minimum Gasteiger partial charge on any atom is -0.504 e. The standard InChI is InChI=1S/C48H36O30/c49-20-1-14(2-21(50)33(20)61)42(66)72-13-32-39(75-44(68)16-5-24(53)35(63)25(54)6-16)40(76-45(69)17-7-26(55)36(64)27(56)8-17)41(48(73-32)78-47(71)18-9-28(57)37(65)29(58)10-18)77-46(70)19-11-30(59)38(31(60)12-19)74-43(67)15-3-22(51)34(62)23(52)4-15/h1-12,32,39-41,48-65H,13H2/t32-,39-,40+,41-,48+/m1/s1. The van der Waals surface area contributed by atoms with Gasteiger partial charge in [0, 0.05) is 0 Å². The summed E-state index contributed by atoms with van der Waals surface area (Å²) in [5.74, 6) is -30.1. The van der Waals surface area contributed by atoms with Crippen LogP contribution in [0, 0.1) is 0 Å². The SMILES string of the molecule is O=C(OC[C@H]1O[C@@H](OC(=O)c2cc(O)c(O)c(O)c2)[C@H](OC(=O)c2cc(O)c(OC(=O)c3cc(O)c(O)c(O)c3)c(O)c2)[C@@H](OC(=O)c2cc(O)c(O)c(O)c2)[C@@H]1OC(=O)c1cc(O)c(O)c(O)c1)c1cc(O)c(O)c(O)c1. The second-order valence-electron chi connectivity index (χ2n) is 16.2. The summed E-state index contributed by atoms with van der Waals surface area (Å²) in [6.45, 7) is -1.32. The number of ether oxygens (including phenoxy) is 7. The Hall–Kier alpha value is -11.3. The molecule has 1 saturated heterocycles. The third-order valence-corrected chi connectivity index (χ3v) is 10.9. The fraction of sp³-hybridized carbons (Fsp3) is 0.125. The molecular weight excluding hydrogens is 1060 g/mol. The van der Waals surface area contributed by atoms with Gasteiger partial charge in [-0.1, -0.05) is 0 Å². The predicted octanol–water partition coefficient (Wildman–Crippen LogP) is 2.32. The lowest BCUT2D eigenvalue weighted by Gasteiger charge is -2.43. The molecule has 0 amide bonds. The van der Waals surface area contributed by atoms with E-state index in [1.54, 1.807) is 0 Å². The van der Waals surface area contributed by atoms with Gasteiger partial charge in [-0.2, -0.15) is 0 Å². The molecule has 0 unspecified atom stereocenters. The highest BCUT2D eigenvalue weighted by molar-refractivity contribution is 5.96. The quantitative estimate of drug-likeness (QED) is 0.0341. The Morgan fingerprint density at radius 1 is 0.321 bits per heavy atom. The van der Waals surface area contributed by atoms with Crippen molar-refractivity contribution in [3.63, 3.8) is 0 Å². The van der Waals surface area contributed by atoms with E-state index in [0.717, 1.165) is 0 Å². The fourth-order valence-corrected chi connectivity index (χ4v) is 7.08. The molecule has 1 fully saturated rings. The number of rotatable bonds is 13. The number of aromatic hydroxyl groups is 17. The van der Waals surface area contributed by atoms with Crippen molar-refractivity contribution >= 4 is 35.8 Å². The van der Waals surface area contributed by atoms with Crippen LogP contribution >= 0.6 is 0 Å². The van der Waals surface area contributed by atoms with E-state index in [0.29, 0.717) is 72.8 Å². The van der Waals surface area contributed by atoms with Gasteiger partial charge in [-0.25, -0.2) is 28.8 Å². The van der Waals surface area contributed by atoms with Crippen LogP contribution in [0.25, 0.3) is 0 Å². The van der Waals surface area contributed by atoms with E-state index in [1.807, 2.05) is 0 Å². The molecule has 17 N–H and O–H groups in total. The highest BCUT2D eigenvalue weighted by atomic mass is 16.7. The highest BCUT2D eigenvalue weighted by Gasteiger charge is 2.55. The van der Waals surface area contributed by atoms with Crippen LogP contribution in [0.4, 0.5) is 0 Å². The van der Waals surface area contributed by atoms with Gasteiger partial charge in [-0.15, -0.1) is 0 Å². The molecule has 6 aromatic rings. The summed E-state index contributed by atoms with van der Waals surface area (Å²) in [7, 11) is 0. The average molecular weight is 1090 g/mol. The number of phenols is 17. The Labute approximate surface area is 430 Å². The molecule has 7 rings (SSSR count). The monoisotopic (exact) mass is 1090 g/mol. The summed E-state index contributed by atoms with van der Waals surface area (Å²) in [5.41, 5.74) is -4.89. The van der Waals surface area contributed by atoms with Crippen LogP contribution in [0.5, 0.6) is 103 Å². The van der Waals surface area contributed by atoms with Crippen molar-refractivity contribution in [3.8, 4) is 103 Å². The summed E-state index contributed by atoms with van der Waals surface area (Å²) in [6.07, 6.45) is -12.7. The number of benzene rings is 6. The zero-order valence-electron chi connectivity index (χ0n) is 38.4. The van der Waals surface area contributed by atoms with Gasteiger partial charge in [0.1, 0.15) is 12.7 Å². The Morgan fingerprint density at radius 3 is 0.910 bits per heavy atom. The summed E-state index contributed by atoms with van der Waals surface area (Å²) in [4.78, 5) is 82.5. The normalized spacial score (nSPS) is 16.7. The van der Waals surface area contributed by atoms with Gasteiger partial charge in [0.05, 0.1) is 33.4 Å². The van der Waals surface area contributed by atoms with Gasteiger partial charge in [0.15, 0.2) is 110 Å². The third kappa shape index (κ3) is 11.1. The van der Waals surface area contributed by atoms with Crippen molar-refractivity contribution in [2.24, 2.45) is 0 Å². The molecule has 78 heavy (non-hydrogen) atoms. The Kier molecular flexibility index (Phi) is 14.9. The van der Waals surface area contributed by atoms with Crippen LogP contribution < -0.4 is 4.74 Å². The molecule has 0 saturated carbocycles. The zero-order chi connectivity index (χ0) is 57.3. The predicted molar refractivity (Wildman–Crippen MR) is 244 cm³/mol. The van der Waals surface area contributed by atoms with Crippen LogP contribution in [-0.4, -0.2) is 160 Å². The third-order valence-electron chi connectivity index (χ3n) is 10.9. The molecule has 0 radical (unpaired) electrons. The van der Waals surface area contributed by atoms with Gasteiger partial charge in [-0.05, 0) is 72.8 Å². The van der Waals surface area contributed by atoms with Crippen LogP contribution in [0.15, 0.2) is 72.8 Å². The lowest BCUT2D eigenvalue weighted by molar-refractivity contribution is -0.282. The van der Waals surface area contributed by atoms with E-state index in [4.69, 9.17) is 33.2 Å². The first kappa shape index (κ1) is 54.5. The molecule has 1 aliphatic heterocycles. The molecule has 0 bridgehead atoms. The highest BCUT2D eigenvalue weighted by Crippen LogP contribution is 2.43. The van der Waals surface area contributed by atoms with E-state index in [9.17, 15) is 116 Å². The average Bonchev–Trinajstić information content (AvgIpc) is 3.39. The van der Waals surface area contributed by atoms with Crippen molar-refractivity contribution in [3.05, 3.63) is 106 Å². The van der Waals surface area contributed by atoms with Gasteiger partial charge in [-0.3, -0.25) is 0 Å². The van der Waals surface area contributed by atoms with E-state index < -0.39 is 210 Å². The molecule has 0 aromatic heterocycles. The Bertz CT molecular complexity index is 3320. The van der Waals surface area contributed by atoms with E-state index in [1.165, 1.54) is 0 Å². The molecule has 5 atom stereocenters. The summed E-state index contributed by atoms with van der Waals surface area (Å²) >= 11 is 0. The molecule has 1 aliphatic rings. The maximum absolute atomic E-state index is 14.3. The maximum atomic E-state index is 14.3. The number of carbonyl (C=O) groups is 6. The number of phenolic OH excluding ortho intramolecular Hbond substituents is 17. The second kappa shape index (κ2) is 21.3. The lowest BCUT2D eigenvalue weighted by atomic mass is 9.97. The van der Waals surface area contributed by atoms with Gasteiger partial charge in [0.2, 0.25) is 18.1 Å². The van der Waals surface area contributed by atoms with E-state index in [-0.39, 0.29) is 0 Å². The molecule has 0 spiro atoms. The van der Waals surface area contributed by atoms with Crippen LogP contribution in [0.1, 0.15) is 62.1 Å². The molecule has 30 heteroatoms. The van der Waals surface area contributed by atoms with Crippen LogP contribution in [0.2, 0.25) is 0 Å². The topological polar surface area (TPSA) is 511 Å². The van der Waals surface area contributed by atoms with Crippen LogP contribution in [0.3, 0.4) is 0 Å². The second-order valence-corrected chi connectivity index (χ2v) is 16.2. The van der Waals surface area contributed by atoms with Gasteiger partial charge >= 0.3 is 35.8 Å². The maximum Gasteiger partial charge on any atom is 0.344 e. The zero-order valence-corrected chi connectivity index (χ0v) is 38.4. The summed E-state index contributed by atoms with van der Waals surface area (Å²) in [6, 6.07) is 6.38. The molecule has 30 nitrogen and oxygen atoms in total. The largest absolute Gasteiger partial charge is 0.504 e. The molecule has 1 heterocycles. The Morgan fingerprint density at radius 2 is 0.577 bits per heavy atom. The summed E-state index contributed by atoms with van der Waals surface area (Å²) in [5, 5.41) is 172. The van der Waals surface area contributed by atoms with Crippen molar-refractivity contribution in [1.82, 2.24) is 0 Å². The fourth-order valence-electron chi connectivity index (χ4n) is 7.08. The van der Waals surface area contributed by atoms with Gasteiger partial charge in [0.25, 0.3) is 0 Å². The first-order valence-electron chi connectivity index (χ1n) is 21.3. The van der Waals surface area contributed by atoms with E-state index in [2.05, 4.69) is 0 Å². The minimum atomic E-state index is -2.67. The molecule has 6 aromatic carbocycles. The van der Waals surface area contributed by atoms with Crippen molar-refractivity contribution in [2.75, 3.05) is 6.61 Å². The molecular formula is C48H36O30. The first-order chi connectivity index (χ1) is 36.6. The van der Waals surface area contributed by atoms with Crippen molar-refractivity contribution < 1.29 is 149 Å². The lowest BCUT2D eigenvalue weighted by Crippen LogP contribution is -2.63. The minimum absolute atomic E-state index is 0.453. The molecule has 408 valence electrons. The first-order valence-corrected chi connectivity index (χ1v) is 21.3. The van der Waals surface area contributed by atoms with Crippen LogP contribution in [-0.2, 0) is 28.4 Å². The van der Waals surface area contributed by atoms with Crippen molar-refractivity contribution in [1.29, 1.82) is 0 Å².